The molecule has 1 heterocycles. The number of furan rings is 1. The average molecular weight is 376 g/mol. The topological polar surface area (TPSA) is 79.6 Å². The summed E-state index contributed by atoms with van der Waals surface area (Å²) in [6, 6.07) is 6.99. The molecule has 25 heavy (non-hydrogen) atoms. The zero-order valence-corrected chi connectivity index (χ0v) is 13.9. The molecule has 0 radical (unpaired) electrons. The quantitative estimate of drug-likeness (QED) is 0.841. The van der Waals surface area contributed by atoms with Crippen LogP contribution in [0.5, 0.6) is 0 Å². The monoisotopic (exact) mass is 376 g/mol. The van der Waals surface area contributed by atoms with Gasteiger partial charge in [-0.3, -0.25) is 4.79 Å². The van der Waals surface area contributed by atoms with E-state index in [0.717, 1.165) is 34.8 Å². The van der Waals surface area contributed by atoms with Gasteiger partial charge in [0.25, 0.3) is 0 Å². The van der Waals surface area contributed by atoms with Crippen LogP contribution in [0.4, 0.5) is 18.9 Å². The highest BCUT2D eigenvalue weighted by Crippen LogP contribution is 2.29. The minimum atomic E-state index is -4.47. The highest BCUT2D eigenvalue weighted by molar-refractivity contribution is 7.88. The van der Waals surface area contributed by atoms with Gasteiger partial charge in [-0.25, -0.2) is 8.42 Å². The molecule has 0 saturated heterocycles. The number of nitrogens with one attached hydrogen (secondary N) is 1. The second kappa shape index (κ2) is 7.28. The lowest BCUT2D eigenvalue weighted by atomic mass is 10.2. The molecule has 0 saturated carbocycles. The number of sulfonamides is 1. The standard InChI is InChI=1S/C15H15F3N2O4S/c1-25(22,23)20(9-13-3-2-8-24-13)10-14(21)19-12-6-4-11(5-7-12)15(16,17)18/h2-8H,9-10H2,1H3,(H,19,21). The van der Waals surface area contributed by atoms with E-state index in [1.54, 1.807) is 12.1 Å². The van der Waals surface area contributed by atoms with Crippen molar-refractivity contribution in [1.29, 1.82) is 0 Å². The Bertz CT molecular complexity index is 815. The van der Waals surface area contributed by atoms with E-state index in [1.807, 2.05) is 0 Å². The number of alkyl halides is 3. The van der Waals surface area contributed by atoms with E-state index in [4.69, 9.17) is 4.42 Å². The van der Waals surface area contributed by atoms with Gasteiger partial charge in [0.05, 0.1) is 31.2 Å². The van der Waals surface area contributed by atoms with Gasteiger partial charge in [-0.05, 0) is 36.4 Å². The summed E-state index contributed by atoms with van der Waals surface area (Å²) in [7, 11) is -3.69. The average Bonchev–Trinajstić information content (AvgIpc) is 2.98. The molecular formula is C15H15F3N2O4S. The fourth-order valence-corrected chi connectivity index (χ4v) is 2.68. The number of halogens is 3. The molecule has 1 N–H and O–H groups in total. The summed E-state index contributed by atoms with van der Waals surface area (Å²) in [6.07, 6.45) is -2.15. The number of hydrogen-bond acceptors (Lipinski definition) is 4. The van der Waals surface area contributed by atoms with Crippen LogP contribution in [0.25, 0.3) is 0 Å². The van der Waals surface area contributed by atoms with Crippen molar-refractivity contribution in [1.82, 2.24) is 4.31 Å². The second-order valence-corrected chi connectivity index (χ2v) is 7.22. The predicted molar refractivity (Wildman–Crippen MR) is 84.0 cm³/mol. The third-order valence-electron chi connectivity index (χ3n) is 3.20. The van der Waals surface area contributed by atoms with Gasteiger partial charge in [-0.15, -0.1) is 0 Å². The predicted octanol–water partition coefficient (Wildman–Crippen LogP) is 2.70. The molecule has 0 aliphatic rings. The van der Waals surface area contributed by atoms with E-state index < -0.39 is 34.2 Å². The van der Waals surface area contributed by atoms with Crippen LogP contribution in [0.3, 0.4) is 0 Å². The minimum Gasteiger partial charge on any atom is -0.468 e. The van der Waals surface area contributed by atoms with Gasteiger partial charge in [-0.2, -0.15) is 17.5 Å². The summed E-state index contributed by atoms with van der Waals surface area (Å²) in [4.78, 5) is 12.0. The molecule has 136 valence electrons. The van der Waals surface area contributed by atoms with Crippen molar-refractivity contribution in [2.45, 2.75) is 12.7 Å². The summed E-state index contributed by atoms with van der Waals surface area (Å²) < 4.78 is 67.0. The van der Waals surface area contributed by atoms with Crippen LogP contribution in [0.1, 0.15) is 11.3 Å². The van der Waals surface area contributed by atoms with E-state index in [0.29, 0.717) is 5.76 Å². The molecule has 0 bridgehead atoms. The first kappa shape index (κ1) is 19.0. The summed E-state index contributed by atoms with van der Waals surface area (Å²) in [5.41, 5.74) is -0.717. The van der Waals surface area contributed by atoms with E-state index in [-0.39, 0.29) is 12.2 Å². The molecule has 6 nitrogen and oxygen atoms in total. The van der Waals surface area contributed by atoms with Crippen molar-refractivity contribution in [3.63, 3.8) is 0 Å². The Balaban J connectivity index is 2.03. The van der Waals surface area contributed by atoms with Gasteiger partial charge in [-0.1, -0.05) is 0 Å². The van der Waals surface area contributed by atoms with Crippen molar-refractivity contribution in [3.05, 3.63) is 54.0 Å². The largest absolute Gasteiger partial charge is 0.468 e. The van der Waals surface area contributed by atoms with E-state index in [9.17, 15) is 26.4 Å². The van der Waals surface area contributed by atoms with Gasteiger partial charge >= 0.3 is 6.18 Å². The lowest BCUT2D eigenvalue weighted by Gasteiger charge is -2.18. The molecule has 10 heteroatoms. The van der Waals surface area contributed by atoms with Gasteiger partial charge < -0.3 is 9.73 Å². The Morgan fingerprint density at radius 2 is 1.84 bits per heavy atom. The smallest absolute Gasteiger partial charge is 0.416 e. The zero-order chi connectivity index (χ0) is 18.7. The molecule has 0 fully saturated rings. The molecule has 0 aliphatic carbocycles. The highest BCUT2D eigenvalue weighted by Gasteiger charge is 2.30. The number of benzene rings is 1. The van der Waals surface area contributed by atoms with Crippen LogP contribution in [-0.2, 0) is 27.5 Å². The van der Waals surface area contributed by atoms with Crippen LogP contribution in [0.2, 0.25) is 0 Å². The third-order valence-corrected chi connectivity index (χ3v) is 4.39. The Hall–Kier alpha value is -2.33. The van der Waals surface area contributed by atoms with Crippen molar-refractivity contribution < 1.29 is 30.8 Å². The number of rotatable bonds is 6. The first-order valence-electron chi connectivity index (χ1n) is 7.00. The number of hydrogen-bond donors (Lipinski definition) is 1. The third kappa shape index (κ3) is 5.61. The maximum atomic E-state index is 12.5. The molecule has 1 aromatic carbocycles. The molecule has 0 aliphatic heterocycles. The van der Waals surface area contributed by atoms with Gasteiger partial charge in [0, 0.05) is 5.69 Å². The number of anilines is 1. The molecule has 2 rings (SSSR count). The summed E-state index contributed by atoms with van der Waals surface area (Å²) in [6.45, 7) is -0.632. The Kier molecular flexibility index (Phi) is 5.53. The zero-order valence-electron chi connectivity index (χ0n) is 13.1. The Morgan fingerprint density at radius 3 is 2.32 bits per heavy atom. The number of carbonyl (C=O) groups is 1. The molecule has 0 spiro atoms. The van der Waals surface area contributed by atoms with E-state index >= 15 is 0 Å². The van der Waals surface area contributed by atoms with E-state index in [1.165, 1.54) is 6.26 Å². The van der Waals surface area contributed by atoms with Gasteiger partial charge in [0.15, 0.2) is 0 Å². The van der Waals surface area contributed by atoms with Crippen molar-refractivity contribution >= 4 is 21.6 Å². The fourth-order valence-electron chi connectivity index (χ4n) is 1.97. The number of amides is 1. The van der Waals surface area contributed by atoms with Crippen molar-refractivity contribution in [3.8, 4) is 0 Å². The lowest BCUT2D eigenvalue weighted by Crippen LogP contribution is -2.36. The Labute approximate surface area is 142 Å². The van der Waals surface area contributed by atoms with Gasteiger partial charge in [0.1, 0.15) is 5.76 Å². The summed E-state index contributed by atoms with van der Waals surface area (Å²) in [5, 5.41) is 2.36. The van der Waals surface area contributed by atoms with Crippen molar-refractivity contribution in [2.75, 3.05) is 18.1 Å². The fraction of sp³-hybridized carbons (Fsp3) is 0.267. The SMILES string of the molecule is CS(=O)(=O)N(CC(=O)Nc1ccc(C(F)(F)F)cc1)Cc1ccco1. The molecule has 2 aromatic rings. The lowest BCUT2D eigenvalue weighted by molar-refractivity contribution is -0.137. The van der Waals surface area contributed by atoms with Crippen LogP contribution in [0.15, 0.2) is 47.1 Å². The van der Waals surface area contributed by atoms with Crippen LogP contribution >= 0.6 is 0 Å². The van der Waals surface area contributed by atoms with Gasteiger partial charge in [0.2, 0.25) is 15.9 Å². The molecule has 1 amide bonds. The highest BCUT2D eigenvalue weighted by atomic mass is 32.2. The van der Waals surface area contributed by atoms with Crippen LogP contribution in [-0.4, -0.2) is 31.4 Å². The normalized spacial score (nSPS) is 12.4. The number of carbonyl (C=O) groups excluding carboxylic acids is 1. The number of nitrogens with zero attached hydrogens (tertiary/aromatic N) is 1. The summed E-state index contributed by atoms with van der Waals surface area (Å²) >= 11 is 0. The van der Waals surface area contributed by atoms with E-state index in [2.05, 4.69) is 5.32 Å². The maximum absolute atomic E-state index is 12.5. The molecule has 0 unspecified atom stereocenters. The Morgan fingerprint density at radius 1 is 1.20 bits per heavy atom. The molecular weight excluding hydrogens is 361 g/mol. The molecule has 1 aromatic heterocycles. The first-order valence-corrected chi connectivity index (χ1v) is 8.85. The maximum Gasteiger partial charge on any atom is 0.416 e. The second-order valence-electron chi connectivity index (χ2n) is 5.23. The minimum absolute atomic E-state index is 0.129. The first-order chi connectivity index (χ1) is 11.6. The van der Waals surface area contributed by atoms with Crippen molar-refractivity contribution in [2.24, 2.45) is 0 Å². The summed E-state index contributed by atoms with van der Waals surface area (Å²) in [5.74, 6) is -0.329. The molecule has 0 atom stereocenters. The van der Waals surface area contributed by atoms with Crippen LogP contribution < -0.4 is 5.32 Å². The van der Waals surface area contributed by atoms with Crippen LogP contribution in [0, 0.1) is 0 Å².